The Labute approximate surface area is 186 Å². The second-order valence-electron chi connectivity index (χ2n) is 7.80. The normalized spacial score (nSPS) is 20.7. The summed E-state index contributed by atoms with van der Waals surface area (Å²) < 4.78 is 10.8. The summed E-state index contributed by atoms with van der Waals surface area (Å²) >= 11 is 6.03. The third-order valence-corrected chi connectivity index (χ3v) is 6.28. The van der Waals surface area contributed by atoms with Crippen LogP contribution >= 0.6 is 11.6 Å². The second kappa shape index (κ2) is 8.49. The SMILES string of the molecule is COc1ccc([C@@H]2C(C#N)=C(C)NC3=C2C(=O)C[C@H](c2ccc(Cl)cc2)C3)cc1OC. The molecule has 0 saturated heterocycles. The van der Waals surface area contributed by atoms with E-state index in [4.69, 9.17) is 21.1 Å². The van der Waals surface area contributed by atoms with Crippen molar-refractivity contribution in [1.29, 1.82) is 5.26 Å². The zero-order valence-electron chi connectivity index (χ0n) is 17.7. The fourth-order valence-corrected chi connectivity index (χ4v) is 4.65. The number of methoxy groups -OCH3 is 2. The summed E-state index contributed by atoms with van der Waals surface area (Å²) in [7, 11) is 3.15. The lowest BCUT2D eigenvalue weighted by molar-refractivity contribution is -0.116. The van der Waals surface area contributed by atoms with Crippen molar-refractivity contribution in [2.24, 2.45) is 0 Å². The van der Waals surface area contributed by atoms with E-state index in [1.807, 2.05) is 49.4 Å². The fraction of sp³-hybridized carbons (Fsp3) is 0.280. The Hall–Kier alpha value is -3.23. The molecular formula is C25H23ClN2O3. The van der Waals surface area contributed by atoms with Gasteiger partial charge in [0.2, 0.25) is 0 Å². The van der Waals surface area contributed by atoms with Gasteiger partial charge >= 0.3 is 0 Å². The molecule has 0 saturated carbocycles. The van der Waals surface area contributed by atoms with Crippen LogP contribution in [0.5, 0.6) is 11.5 Å². The van der Waals surface area contributed by atoms with Crippen molar-refractivity contribution in [3.63, 3.8) is 0 Å². The molecule has 2 aromatic carbocycles. The number of hydrogen-bond donors (Lipinski definition) is 1. The molecule has 6 heteroatoms. The molecule has 1 aliphatic heterocycles. The van der Waals surface area contributed by atoms with Gasteiger partial charge < -0.3 is 14.8 Å². The van der Waals surface area contributed by atoms with Crippen LogP contribution in [0.2, 0.25) is 5.02 Å². The van der Waals surface area contributed by atoms with Crippen molar-refractivity contribution in [2.45, 2.75) is 31.6 Å². The topological polar surface area (TPSA) is 71.3 Å². The van der Waals surface area contributed by atoms with Crippen LogP contribution in [0, 0.1) is 11.3 Å². The standard InChI is InChI=1S/C25H23ClN2O3/c1-14-19(13-27)24(16-6-9-22(30-2)23(12-16)31-3)25-20(28-14)10-17(11-21(25)29)15-4-7-18(26)8-5-15/h4-9,12,17,24,28H,10-11H2,1-3H3/t17-,24-/m1/s1. The van der Waals surface area contributed by atoms with Crippen LogP contribution in [0.25, 0.3) is 0 Å². The lowest BCUT2D eigenvalue weighted by atomic mass is 9.72. The average molecular weight is 435 g/mol. The van der Waals surface area contributed by atoms with E-state index >= 15 is 0 Å². The molecule has 0 fully saturated rings. The van der Waals surface area contributed by atoms with E-state index in [0.717, 1.165) is 22.5 Å². The van der Waals surface area contributed by atoms with Gasteiger partial charge in [-0.15, -0.1) is 0 Å². The Morgan fingerprint density at radius 1 is 1.03 bits per heavy atom. The van der Waals surface area contributed by atoms with Gasteiger partial charge in [0.15, 0.2) is 17.3 Å². The molecule has 31 heavy (non-hydrogen) atoms. The maximum atomic E-state index is 13.4. The number of hydrogen-bond acceptors (Lipinski definition) is 5. The van der Waals surface area contributed by atoms with E-state index in [9.17, 15) is 10.1 Å². The first-order valence-corrected chi connectivity index (χ1v) is 10.5. The number of carbonyl (C=O) groups is 1. The molecule has 0 spiro atoms. The number of nitriles is 1. The predicted molar refractivity (Wildman–Crippen MR) is 119 cm³/mol. The molecule has 0 unspecified atom stereocenters. The largest absolute Gasteiger partial charge is 0.493 e. The smallest absolute Gasteiger partial charge is 0.162 e. The monoisotopic (exact) mass is 434 g/mol. The first kappa shape index (κ1) is 21.0. The highest BCUT2D eigenvalue weighted by molar-refractivity contribution is 6.30. The van der Waals surface area contributed by atoms with Crippen LogP contribution in [-0.4, -0.2) is 20.0 Å². The van der Waals surface area contributed by atoms with Gasteiger partial charge in [-0.2, -0.15) is 5.26 Å². The van der Waals surface area contributed by atoms with Gasteiger partial charge in [0.05, 0.1) is 31.8 Å². The molecule has 2 aromatic rings. The Bertz CT molecular complexity index is 1140. The number of ether oxygens (including phenoxy) is 2. The first-order valence-electron chi connectivity index (χ1n) is 10.1. The van der Waals surface area contributed by atoms with Crippen molar-refractivity contribution < 1.29 is 14.3 Å². The molecule has 1 heterocycles. The van der Waals surface area contributed by atoms with Gasteiger partial charge in [0.25, 0.3) is 0 Å². The van der Waals surface area contributed by atoms with E-state index < -0.39 is 5.92 Å². The molecule has 0 aromatic heterocycles. The van der Waals surface area contributed by atoms with Crippen molar-refractivity contribution >= 4 is 17.4 Å². The highest BCUT2D eigenvalue weighted by atomic mass is 35.5. The van der Waals surface area contributed by atoms with E-state index in [2.05, 4.69) is 11.4 Å². The molecule has 158 valence electrons. The van der Waals surface area contributed by atoms with E-state index in [1.165, 1.54) is 0 Å². The zero-order valence-corrected chi connectivity index (χ0v) is 18.4. The minimum atomic E-state index is -0.431. The Kier molecular flexibility index (Phi) is 5.75. The Morgan fingerprint density at radius 2 is 1.71 bits per heavy atom. The fourth-order valence-electron chi connectivity index (χ4n) is 4.52. The molecule has 2 aliphatic rings. The highest BCUT2D eigenvalue weighted by Gasteiger charge is 2.39. The van der Waals surface area contributed by atoms with Gasteiger partial charge in [0.1, 0.15) is 0 Å². The van der Waals surface area contributed by atoms with Crippen molar-refractivity contribution in [2.75, 3.05) is 14.2 Å². The third kappa shape index (κ3) is 3.80. The van der Waals surface area contributed by atoms with Crippen molar-refractivity contribution in [3.8, 4) is 17.6 Å². The molecule has 4 rings (SSSR count). The van der Waals surface area contributed by atoms with Crippen LogP contribution in [0.15, 0.2) is 65.0 Å². The summed E-state index contributed by atoms with van der Waals surface area (Å²) in [6.45, 7) is 1.88. The van der Waals surface area contributed by atoms with Gasteiger partial charge in [-0.3, -0.25) is 4.79 Å². The van der Waals surface area contributed by atoms with Crippen LogP contribution < -0.4 is 14.8 Å². The number of nitrogens with zero attached hydrogens (tertiary/aromatic N) is 1. The Balaban J connectivity index is 1.79. The van der Waals surface area contributed by atoms with Crippen LogP contribution in [0.3, 0.4) is 0 Å². The Morgan fingerprint density at radius 3 is 2.35 bits per heavy atom. The zero-order chi connectivity index (χ0) is 22.1. The van der Waals surface area contributed by atoms with Gasteiger partial charge in [-0.1, -0.05) is 29.8 Å². The summed E-state index contributed by atoms with van der Waals surface area (Å²) in [6, 6.07) is 15.5. The summed E-state index contributed by atoms with van der Waals surface area (Å²) in [6.07, 6.45) is 1.09. The maximum Gasteiger partial charge on any atom is 0.162 e. The lowest BCUT2D eigenvalue weighted by Crippen LogP contribution is -2.33. The number of benzene rings is 2. The minimum absolute atomic E-state index is 0.0498. The van der Waals surface area contributed by atoms with Crippen LogP contribution in [0.4, 0.5) is 0 Å². The first-order chi connectivity index (χ1) is 15.0. The third-order valence-electron chi connectivity index (χ3n) is 6.03. The second-order valence-corrected chi connectivity index (χ2v) is 8.23. The number of ketones is 1. The maximum absolute atomic E-state index is 13.4. The van der Waals surface area contributed by atoms with Gasteiger partial charge in [-0.25, -0.2) is 0 Å². The highest BCUT2D eigenvalue weighted by Crippen LogP contribution is 2.46. The summed E-state index contributed by atoms with van der Waals surface area (Å²) in [4.78, 5) is 13.4. The van der Waals surface area contributed by atoms with E-state index in [1.54, 1.807) is 14.2 Å². The molecule has 0 bridgehead atoms. The number of Topliss-reactive ketones (excluding diaryl/α,β-unsaturated/α-hetero) is 1. The number of dihydropyridines is 1. The average Bonchev–Trinajstić information content (AvgIpc) is 2.78. The number of nitrogens with one attached hydrogen (secondary N) is 1. The molecular weight excluding hydrogens is 412 g/mol. The van der Waals surface area contributed by atoms with Crippen molar-refractivity contribution in [1.82, 2.24) is 5.32 Å². The van der Waals surface area contributed by atoms with E-state index in [-0.39, 0.29) is 11.7 Å². The molecule has 5 nitrogen and oxygen atoms in total. The summed E-state index contributed by atoms with van der Waals surface area (Å²) in [5.74, 6) is 0.858. The summed E-state index contributed by atoms with van der Waals surface area (Å²) in [5.41, 5.74) is 4.78. The van der Waals surface area contributed by atoms with Gasteiger partial charge in [0, 0.05) is 28.4 Å². The number of rotatable bonds is 4. The number of allylic oxidation sites excluding steroid dienone is 4. The number of carbonyl (C=O) groups excluding carboxylic acids is 1. The molecule has 1 N–H and O–H groups in total. The molecule has 1 aliphatic carbocycles. The van der Waals surface area contributed by atoms with E-state index in [0.29, 0.717) is 40.5 Å². The molecule has 0 radical (unpaired) electrons. The quantitative estimate of drug-likeness (QED) is 0.712. The minimum Gasteiger partial charge on any atom is -0.493 e. The lowest BCUT2D eigenvalue weighted by Gasteiger charge is -2.35. The van der Waals surface area contributed by atoms with Gasteiger partial charge in [-0.05, 0) is 54.7 Å². The molecule has 2 atom stereocenters. The predicted octanol–water partition coefficient (Wildman–Crippen LogP) is 5.24. The molecule has 0 amide bonds. The number of halogens is 1. The summed E-state index contributed by atoms with van der Waals surface area (Å²) in [5, 5.41) is 13.9. The van der Waals surface area contributed by atoms with Crippen LogP contribution in [-0.2, 0) is 4.79 Å². The van der Waals surface area contributed by atoms with Crippen LogP contribution in [0.1, 0.15) is 42.7 Å². The van der Waals surface area contributed by atoms with Crippen molar-refractivity contribution in [3.05, 3.63) is 81.2 Å².